The standard InChI is InChI=1S/C23H32FNO4/c24-20-8-7-18(22(26)28-16-13-25-11-14-27-15-12-25)17-21(20)29-23(9-3-4-10-23)19-5-1-2-6-19/h7-8,17,19H,1-6,9-16H2. The molecule has 1 heterocycles. The SMILES string of the molecule is O=C(OCCN1CCOCC1)c1ccc(F)c(OC2(C3CCCC3)CCCC2)c1. The Balaban J connectivity index is 1.39. The minimum Gasteiger partial charge on any atom is -0.484 e. The van der Waals surface area contributed by atoms with Crippen LogP contribution in [0.1, 0.15) is 61.7 Å². The number of hydrogen-bond acceptors (Lipinski definition) is 5. The molecule has 0 radical (unpaired) electrons. The third-order valence-electron chi connectivity index (χ3n) is 6.77. The molecule has 1 aromatic rings. The Morgan fingerprint density at radius 1 is 1.14 bits per heavy atom. The van der Waals surface area contributed by atoms with Crippen molar-refractivity contribution in [1.29, 1.82) is 0 Å². The Bertz CT molecular complexity index is 692. The van der Waals surface area contributed by atoms with E-state index in [1.165, 1.54) is 31.0 Å². The maximum Gasteiger partial charge on any atom is 0.338 e. The fourth-order valence-electron chi connectivity index (χ4n) is 5.12. The van der Waals surface area contributed by atoms with E-state index in [-0.39, 0.29) is 11.4 Å². The fraction of sp³-hybridized carbons (Fsp3) is 0.696. The first-order valence-electron chi connectivity index (χ1n) is 11.1. The van der Waals surface area contributed by atoms with Gasteiger partial charge in [0.2, 0.25) is 0 Å². The molecular weight excluding hydrogens is 373 g/mol. The van der Waals surface area contributed by atoms with Crippen molar-refractivity contribution < 1.29 is 23.4 Å². The fourth-order valence-corrected chi connectivity index (χ4v) is 5.12. The number of nitrogens with zero attached hydrogens (tertiary/aromatic N) is 1. The normalized spacial score (nSPS) is 22.7. The van der Waals surface area contributed by atoms with Crippen molar-refractivity contribution in [3.8, 4) is 5.75 Å². The largest absolute Gasteiger partial charge is 0.484 e. The van der Waals surface area contributed by atoms with Gasteiger partial charge >= 0.3 is 5.97 Å². The lowest BCUT2D eigenvalue weighted by Gasteiger charge is -2.36. The van der Waals surface area contributed by atoms with Gasteiger partial charge in [0.25, 0.3) is 0 Å². The number of rotatable bonds is 7. The van der Waals surface area contributed by atoms with Crippen LogP contribution in [0.25, 0.3) is 0 Å². The van der Waals surface area contributed by atoms with Crippen LogP contribution in [0.3, 0.4) is 0 Å². The summed E-state index contributed by atoms with van der Waals surface area (Å²) < 4.78 is 31.6. The van der Waals surface area contributed by atoms with E-state index in [4.69, 9.17) is 14.2 Å². The van der Waals surface area contributed by atoms with Gasteiger partial charge in [0.1, 0.15) is 12.2 Å². The molecule has 3 fully saturated rings. The molecule has 1 saturated heterocycles. The van der Waals surface area contributed by atoms with Crippen LogP contribution in [0.5, 0.6) is 5.75 Å². The van der Waals surface area contributed by atoms with Gasteiger partial charge in [-0.3, -0.25) is 4.90 Å². The van der Waals surface area contributed by atoms with E-state index in [1.54, 1.807) is 0 Å². The summed E-state index contributed by atoms with van der Waals surface area (Å²) in [7, 11) is 0. The summed E-state index contributed by atoms with van der Waals surface area (Å²) in [6, 6.07) is 4.34. The molecule has 0 bridgehead atoms. The second-order valence-electron chi connectivity index (χ2n) is 8.59. The van der Waals surface area contributed by atoms with Gasteiger partial charge in [-0.15, -0.1) is 0 Å². The van der Waals surface area contributed by atoms with Gasteiger partial charge in [-0.1, -0.05) is 12.8 Å². The highest BCUT2D eigenvalue weighted by atomic mass is 19.1. The van der Waals surface area contributed by atoms with E-state index in [0.29, 0.717) is 24.6 Å². The van der Waals surface area contributed by atoms with Crippen LogP contribution in [0.4, 0.5) is 4.39 Å². The lowest BCUT2D eigenvalue weighted by atomic mass is 9.84. The minimum absolute atomic E-state index is 0.196. The number of benzene rings is 1. The third-order valence-corrected chi connectivity index (χ3v) is 6.77. The molecule has 0 amide bonds. The smallest absolute Gasteiger partial charge is 0.338 e. The van der Waals surface area contributed by atoms with Crippen LogP contribution in [-0.2, 0) is 9.47 Å². The van der Waals surface area contributed by atoms with Crippen LogP contribution in [0, 0.1) is 11.7 Å². The van der Waals surface area contributed by atoms with Crippen LogP contribution in [0.15, 0.2) is 18.2 Å². The molecule has 6 heteroatoms. The van der Waals surface area contributed by atoms with Gasteiger partial charge in [-0.25, -0.2) is 9.18 Å². The zero-order valence-corrected chi connectivity index (χ0v) is 17.2. The predicted molar refractivity (Wildman–Crippen MR) is 108 cm³/mol. The van der Waals surface area contributed by atoms with E-state index in [2.05, 4.69) is 4.90 Å². The number of esters is 1. The van der Waals surface area contributed by atoms with Crippen molar-refractivity contribution in [2.24, 2.45) is 5.92 Å². The lowest BCUT2D eigenvalue weighted by molar-refractivity contribution is 0.0123. The number of ether oxygens (including phenoxy) is 3. The van der Waals surface area contributed by atoms with Crippen molar-refractivity contribution in [1.82, 2.24) is 4.90 Å². The molecule has 0 N–H and O–H groups in total. The van der Waals surface area contributed by atoms with Gasteiger partial charge in [-0.05, 0) is 62.6 Å². The van der Waals surface area contributed by atoms with Crippen LogP contribution < -0.4 is 4.74 Å². The number of carbonyl (C=O) groups is 1. The summed E-state index contributed by atoms with van der Waals surface area (Å²) in [5, 5.41) is 0. The van der Waals surface area contributed by atoms with Crippen molar-refractivity contribution in [2.45, 2.75) is 57.0 Å². The van der Waals surface area contributed by atoms with Crippen LogP contribution in [-0.4, -0.2) is 55.9 Å². The van der Waals surface area contributed by atoms with Crippen molar-refractivity contribution >= 4 is 5.97 Å². The van der Waals surface area contributed by atoms with Crippen LogP contribution in [0.2, 0.25) is 0 Å². The number of halogens is 1. The van der Waals surface area contributed by atoms with E-state index in [0.717, 1.165) is 64.8 Å². The second kappa shape index (κ2) is 9.43. The average molecular weight is 406 g/mol. The molecule has 0 unspecified atom stereocenters. The molecule has 4 rings (SSSR count). The monoisotopic (exact) mass is 405 g/mol. The lowest BCUT2D eigenvalue weighted by Crippen LogP contribution is -2.40. The van der Waals surface area contributed by atoms with Gasteiger partial charge in [-0.2, -0.15) is 0 Å². The molecule has 0 aromatic heterocycles. The molecular formula is C23H32FNO4. The zero-order chi connectivity index (χ0) is 20.1. The Labute approximate surface area is 172 Å². The first-order chi connectivity index (χ1) is 14.2. The maximum absolute atomic E-state index is 14.5. The quantitative estimate of drug-likeness (QED) is 0.637. The highest BCUT2D eigenvalue weighted by molar-refractivity contribution is 5.89. The van der Waals surface area contributed by atoms with Crippen LogP contribution >= 0.6 is 0 Å². The number of morpholine rings is 1. The molecule has 1 aromatic carbocycles. The summed E-state index contributed by atoms with van der Waals surface area (Å²) in [5.74, 6) is -0.140. The summed E-state index contributed by atoms with van der Waals surface area (Å²) in [4.78, 5) is 14.7. The Kier molecular flexibility index (Phi) is 6.70. The molecule has 0 atom stereocenters. The number of carbonyl (C=O) groups excluding carboxylic acids is 1. The zero-order valence-electron chi connectivity index (χ0n) is 17.2. The molecule has 1 aliphatic heterocycles. The highest BCUT2D eigenvalue weighted by Crippen LogP contribution is 2.47. The minimum atomic E-state index is -0.426. The van der Waals surface area contributed by atoms with Gasteiger partial charge in [0, 0.05) is 19.6 Å². The summed E-state index contributed by atoms with van der Waals surface area (Å²) in [5.41, 5.74) is 0.0823. The summed E-state index contributed by atoms with van der Waals surface area (Å²) in [6.45, 7) is 4.15. The average Bonchev–Trinajstić information content (AvgIpc) is 3.43. The first-order valence-corrected chi connectivity index (χ1v) is 11.1. The summed E-state index contributed by atoms with van der Waals surface area (Å²) >= 11 is 0. The summed E-state index contributed by atoms with van der Waals surface area (Å²) in [6.07, 6.45) is 8.98. The molecule has 0 spiro atoms. The molecule has 29 heavy (non-hydrogen) atoms. The van der Waals surface area contributed by atoms with E-state index >= 15 is 0 Å². The Hall–Kier alpha value is -1.66. The van der Waals surface area contributed by atoms with Crippen molar-refractivity contribution in [2.75, 3.05) is 39.5 Å². The number of hydrogen-bond donors (Lipinski definition) is 0. The van der Waals surface area contributed by atoms with Gasteiger partial charge < -0.3 is 14.2 Å². The highest BCUT2D eigenvalue weighted by Gasteiger charge is 2.44. The molecule has 2 aliphatic carbocycles. The van der Waals surface area contributed by atoms with Gasteiger partial charge in [0.15, 0.2) is 11.6 Å². The van der Waals surface area contributed by atoms with Crippen molar-refractivity contribution in [3.63, 3.8) is 0 Å². The van der Waals surface area contributed by atoms with E-state index < -0.39 is 11.8 Å². The molecule has 160 valence electrons. The Morgan fingerprint density at radius 3 is 2.59 bits per heavy atom. The first kappa shape index (κ1) is 20.6. The van der Waals surface area contributed by atoms with E-state index in [9.17, 15) is 9.18 Å². The molecule has 3 aliphatic rings. The third kappa shape index (κ3) is 4.92. The van der Waals surface area contributed by atoms with Gasteiger partial charge in [0.05, 0.1) is 18.8 Å². The molecule has 2 saturated carbocycles. The Morgan fingerprint density at radius 2 is 1.86 bits per heavy atom. The molecule has 5 nitrogen and oxygen atoms in total. The topological polar surface area (TPSA) is 48.0 Å². The van der Waals surface area contributed by atoms with E-state index in [1.807, 2.05) is 0 Å². The second-order valence-corrected chi connectivity index (χ2v) is 8.59. The maximum atomic E-state index is 14.5. The predicted octanol–water partition coefficient (Wildman–Crippen LogP) is 4.20. The van der Waals surface area contributed by atoms with Crippen molar-refractivity contribution in [3.05, 3.63) is 29.6 Å².